The van der Waals surface area contributed by atoms with Gasteiger partial charge in [-0.05, 0) is 5.56 Å². The van der Waals surface area contributed by atoms with Crippen LogP contribution in [0.4, 0.5) is 0 Å². The highest BCUT2D eigenvalue weighted by Crippen LogP contribution is 2.64. The van der Waals surface area contributed by atoms with Crippen LogP contribution < -0.4 is 5.32 Å². The number of benzene rings is 1. The Hall–Kier alpha value is -2.88. The van der Waals surface area contributed by atoms with Crippen LogP contribution in [0.25, 0.3) is 0 Å². The highest BCUT2D eigenvalue weighted by molar-refractivity contribution is 5.92. The number of rotatable bonds is 1. The lowest BCUT2D eigenvalue weighted by molar-refractivity contribution is -0.128. The Bertz CT molecular complexity index is 787. The van der Waals surface area contributed by atoms with E-state index in [0.717, 1.165) is 0 Å². The maximum atomic E-state index is 12.5. The number of amides is 1. The Morgan fingerprint density at radius 1 is 1.17 bits per heavy atom. The number of carbonyl (C=O) groups excluding carboxylic acids is 1. The van der Waals surface area contributed by atoms with E-state index in [1.807, 2.05) is 18.2 Å². The van der Waals surface area contributed by atoms with Crippen LogP contribution in [0.15, 0.2) is 30.3 Å². The van der Waals surface area contributed by atoms with Crippen LogP contribution in [0, 0.1) is 50.7 Å². The summed E-state index contributed by atoms with van der Waals surface area (Å²) < 4.78 is 0. The van der Waals surface area contributed by atoms with E-state index in [0.29, 0.717) is 5.56 Å². The van der Waals surface area contributed by atoms with Gasteiger partial charge >= 0.3 is 0 Å². The SMILES string of the molecule is C[C@@H]1[C@@H](c2ccccc2)C(C#N)(C#N)[C@@]2(C#N)C[C@@]1(O)NC2=O. The second-order valence-electron chi connectivity index (χ2n) is 6.28. The molecule has 6 heteroatoms. The second kappa shape index (κ2) is 4.56. The van der Waals surface area contributed by atoms with E-state index in [-0.39, 0.29) is 6.42 Å². The summed E-state index contributed by atoms with van der Waals surface area (Å²) in [6.07, 6.45) is -0.263. The van der Waals surface area contributed by atoms with E-state index in [1.54, 1.807) is 37.3 Å². The van der Waals surface area contributed by atoms with Crippen molar-refractivity contribution in [2.24, 2.45) is 16.7 Å². The van der Waals surface area contributed by atoms with Crippen LogP contribution in [-0.2, 0) is 4.79 Å². The van der Waals surface area contributed by atoms with Crippen LogP contribution in [0.3, 0.4) is 0 Å². The summed E-state index contributed by atoms with van der Waals surface area (Å²) in [6, 6.07) is 14.6. The molecule has 2 N–H and O–H groups in total. The van der Waals surface area contributed by atoms with Crippen molar-refractivity contribution in [1.29, 1.82) is 15.8 Å². The molecule has 1 saturated carbocycles. The van der Waals surface area contributed by atoms with Crippen molar-refractivity contribution in [2.45, 2.75) is 25.0 Å². The zero-order valence-corrected chi connectivity index (χ0v) is 12.4. The molecule has 2 fully saturated rings. The summed E-state index contributed by atoms with van der Waals surface area (Å²) in [5, 5.41) is 42.6. The third-order valence-corrected chi connectivity index (χ3v) is 5.35. The standard InChI is InChI=1S/C17H14N4O2/c1-11-13(12-5-3-2-4-6-12)16(9-19,10-20)15(8-18)7-17(11,23)21-14(15)22/h2-6,11,13,23H,7H2,1H3,(H,21,22)/t11-,13+,15-,17+/m1/s1. The molecule has 0 radical (unpaired) electrons. The van der Waals surface area contributed by atoms with Gasteiger partial charge in [0.2, 0.25) is 5.91 Å². The fraction of sp³-hybridized carbons (Fsp3) is 0.412. The molecule has 0 unspecified atom stereocenters. The summed E-state index contributed by atoms with van der Waals surface area (Å²) in [6.45, 7) is 1.69. The Balaban J connectivity index is 2.35. The number of nitrogens with zero attached hydrogens (tertiary/aromatic N) is 3. The van der Waals surface area contributed by atoms with Gasteiger partial charge in [-0.2, -0.15) is 15.8 Å². The zero-order chi connectivity index (χ0) is 16.9. The van der Waals surface area contributed by atoms with E-state index in [1.165, 1.54) is 0 Å². The van der Waals surface area contributed by atoms with E-state index >= 15 is 0 Å². The smallest absolute Gasteiger partial charge is 0.245 e. The highest BCUT2D eigenvalue weighted by atomic mass is 16.3. The minimum absolute atomic E-state index is 0.263. The Morgan fingerprint density at radius 2 is 1.78 bits per heavy atom. The first-order chi connectivity index (χ1) is 10.9. The minimum Gasteiger partial charge on any atom is -0.371 e. The molecule has 1 heterocycles. The molecule has 0 spiro atoms. The molecule has 1 aliphatic carbocycles. The van der Waals surface area contributed by atoms with Gasteiger partial charge in [-0.1, -0.05) is 37.3 Å². The molecule has 3 rings (SSSR count). The van der Waals surface area contributed by atoms with Gasteiger partial charge in [-0.15, -0.1) is 0 Å². The first-order valence-corrected chi connectivity index (χ1v) is 7.24. The lowest BCUT2D eigenvalue weighted by Crippen LogP contribution is -2.56. The summed E-state index contributed by atoms with van der Waals surface area (Å²) in [7, 11) is 0. The maximum Gasteiger partial charge on any atom is 0.245 e. The molecule has 2 bridgehead atoms. The molecule has 23 heavy (non-hydrogen) atoms. The van der Waals surface area contributed by atoms with Crippen LogP contribution in [0.1, 0.15) is 24.8 Å². The van der Waals surface area contributed by atoms with Crippen LogP contribution in [0.2, 0.25) is 0 Å². The van der Waals surface area contributed by atoms with Gasteiger partial charge in [-0.3, -0.25) is 4.79 Å². The summed E-state index contributed by atoms with van der Waals surface area (Å²) in [4.78, 5) is 12.5. The predicted molar refractivity (Wildman–Crippen MR) is 77.8 cm³/mol. The van der Waals surface area contributed by atoms with Gasteiger partial charge < -0.3 is 10.4 Å². The van der Waals surface area contributed by atoms with Gasteiger partial charge in [0.25, 0.3) is 0 Å². The maximum absolute atomic E-state index is 12.5. The summed E-state index contributed by atoms with van der Waals surface area (Å²) in [5.41, 5.74) is -4.71. The van der Waals surface area contributed by atoms with E-state index in [2.05, 4.69) is 5.32 Å². The largest absolute Gasteiger partial charge is 0.371 e. The third-order valence-electron chi connectivity index (χ3n) is 5.35. The fourth-order valence-corrected chi connectivity index (χ4v) is 4.07. The molecule has 2 aliphatic rings. The molecule has 1 aromatic rings. The van der Waals surface area contributed by atoms with Crippen molar-refractivity contribution in [2.75, 3.05) is 0 Å². The monoisotopic (exact) mass is 306 g/mol. The second-order valence-corrected chi connectivity index (χ2v) is 6.28. The average Bonchev–Trinajstić information content (AvgIpc) is 2.82. The van der Waals surface area contributed by atoms with E-state index in [9.17, 15) is 25.7 Å². The molecule has 0 aromatic heterocycles. The number of nitrogens with one attached hydrogen (secondary N) is 1. The lowest BCUT2D eigenvalue weighted by Gasteiger charge is -2.48. The molecular weight excluding hydrogens is 292 g/mol. The number of hydrogen-bond donors (Lipinski definition) is 2. The first kappa shape index (κ1) is 15.0. The number of hydrogen-bond acceptors (Lipinski definition) is 5. The fourth-order valence-electron chi connectivity index (χ4n) is 4.07. The van der Waals surface area contributed by atoms with Crippen molar-refractivity contribution in [3.05, 3.63) is 35.9 Å². The zero-order valence-electron chi connectivity index (χ0n) is 12.4. The van der Waals surface area contributed by atoms with Crippen molar-refractivity contribution in [1.82, 2.24) is 5.32 Å². The topological polar surface area (TPSA) is 121 Å². The molecular formula is C17H14N4O2. The van der Waals surface area contributed by atoms with Gasteiger partial charge in [0, 0.05) is 18.3 Å². The van der Waals surface area contributed by atoms with Gasteiger partial charge in [-0.25, -0.2) is 0 Å². The minimum atomic E-state index is -1.89. The van der Waals surface area contributed by atoms with Crippen molar-refractivity contribution >= 4 is 5.91 Å². The Morgan fingerprint density at radius 3 is 2.30 bits per heavy atom. The molecule has 1 saturated heterocycles. The lowest BCUT2D eigenvalue weighted by atomic mass is 9.49. The third kappa shape index (κ3) is 1.55. The van der Waals surface area contributed by atoms with Crippen molar-refractivity contribution < 1.29 is 9.90 Å². The molecule has 114 valence electrons. The quantitative estimate of drug-likeness (QED) is 0.806. The predicted octanol–water partition coefficient (Wildman–Crippen LogP) is 1.17. The molecule has 1 aromatic carbocycles. The summed E-state index contributed by atoms with van der Waals surface area (Å²) >= 11 is 0. The molecule has 1 aliphatic heterocycles. The van der Waals surface area contributed by atoms with E-state index < -0.39 is 34.3 Å². The number of carbonyl (C=O) groups is 1. The Labute approximate surface area is 133 Å². The number of fused-ring (bicyclic) bond motifs is 2. The van der Waals surface area contributed by atoms with Crippen molar-refractivity contribution in [3.8, 4) is 18.2 Å². The van der Waals surface area contributed by atoms with Crippen LogP contribution in [-0.4, -0.2) is 16.7 Å². The number of aliphatic hydroxyl groups is 1. The molecule has 1 amide bonds. The molecule has 6 nitrogen and oxygen atoms in total. The number of nitriles is 3. The first-order valence-electron chi connectivity index (χ1n) is 7.24. The van der Waals surface area contributed by atoms with Gasteiger partial charge in [0.05, 0.1) is 18.2 Å². The Kier molecular flexibility index (Phi) is 2.98. The molecule has 4 atom stereocenters. The average molecular weight is 306 g/mol. The normalized spacial score (nSPS) is 37.1. The van der Waals surface area contributed by atoms with E-state index in [4.69, 9.17) is 0 Å². The van der Waals surface area contributed by atoms with Crippen molar-refractivity contribution in [3.63, 3.8) is 0 Å². The van der Waals surface area contributed by atoms with Gasteiger partial charge in [0.15, 0.2) is 10.8 Å². The van der Waals surface area contributed by atoms with Crippen LogP contribution in [0.5, 0.6) is 0 Å². The van der Waals surface area contributed by atoms with Gasteiger partial charge in [0.1, 0.15) is 5.72 Å². The highest BCUT2D eigenvalue weighted by Gasteiger charge is 2.76. The van der Waals surface area contributed by atoms with Crippen LogP contribution >= 0.6 is 0 Å². The summed E-state index contributed by atoms with van der Waals surface area (Å²) in [5.74, 6) is -2.12.